The van der Waals surface area contributed by atoms with Crippen molar-refractivity contribution < 1.29 is 23.7 Å². The van der Waals surface area contributed by atoms with Gasteiger partial charge in [-0.25, -0.2) is 0 Å². The van der Waals surface area contributed by atoms with Crippen molar-refractivity contribution in [1.29, 1.82) is 0 Å². The number of hydrogen-bond acceptors (Lipinski definition) is 1. The molecule has 0 rings (SSSR count). The first kappa shape index (κ1) is 9.74. The molecule has 1 radical (unpaired) electrons. The van der Waals surface area contributed by atoms with Gasteiger partial charge < -0.3 is 5.11 Å². The second-order valence-corrected chi connectivity index (χ2v) is 1.58. The molecule has 0 aliphatic heterocycles. The first-order valence-electron chi connectivity index (χ1n) is 1.88. The first-order chi connectivity index (χ1) is 2.27. The monoisotopic (exact) mass is 125 g/mol. The van der Waals surface area contributed by atoms with Crippen LogP contribution in [0, 0.1) is 5.92 Å². The smallest absolute Gasteiger partial charge is 0.0453 e. The quantitative estimate of drug-likeness (QED) is 0.545. The summed E-state index contributed by atoms with van der Waals surface area (Å²) in [5, 5.41) is 8.14. The van der Waals surface area contributed by atoms with Crippen LogP contribution >= 0.6 is 0 Å². The van der Waals surface area contributed by atoms with E-state index in [1.165, 1.54) is 0 Å². The topological polar surface area (TPSA) is 20.2 Å². The Kier molecular flexibility index (Phi) is 9.00. The summed E-state index contributed by atoms with van der Waals surface area (Å²) in [6.07, 6.45) is 0. The Morgan fingerprint density at radius 1 is 1.50 bits per heavy atom. The molecule has 37 valence electrons. The molecular formula is C4H10OV. The SMILES string of the molecule is CC(C)CO.[V]. The summed E-state index contributed by atoms with van der Waals surface area (Å²) < 4.78 is 0. The molecule has 0 aromatic rings. The van der Waals surface area contributed by atoms with Gasteiger partial charge in [-0.3, -0.25) is 0 Å². The van der Waals surface area contributed by atoms with Gasteiger partial charge in [-0.15, -0.1) is 0 Å². The normalized spacial score (nSPS) is 8.00. The van der Waals surface area contributed by atoms with E-state index in [0.717, 1.165) is 0 Å². The average Bonchev–Trinajstić information content (AvgIpc) is 1.38. The van der Waals surface area contributed by atoms with Crippen LogP contribution in [0.5, 0.6) is 0 Å². The first-order valence-corrected chi connectivity index (χ1v) is 1.88. The van der Waals surface area contributed by atoms with E-state index in [1.807, 2.05) is 13.8 Å². The molecule has 0 saturated carbocycles. The van der Waals surface area contributed by atoms with Crippen molar-refractivity contribution in [2.24, 2.45) is 5.92 Å². The number of hydrogen-bond donors (Lipinski definition) is 1. The zero-order valence-electron chi connectivity index (χ0n) is 4.18. The van der Waals surface area contributed by atoms with E-state index >= 15 is 0 Å². The van der Waals surface area contributed by atoms with Gasteiger partial charge in [-0.1, -0.05) is 13.8 Å². The zero-order chi connectivity index (χ0) is 4.28. The number of aliphatic hydroxyl groups is 1. The van der Waals surface area contributed by atoms with Crippen LogP contribution in [-0.2, 0) is 18.6 Å². The van der Waals surface area contributed by atoms with Gasteiger partial charge in [0.1, 0.15) is 0 Å². The van der Waals surface area contributed by atoms with Gasteiger partial charge in [0.2, 0.25) is 0 Å². The van der Waals surface area contributed by atoms with Crippen LogP contribution in [0.4, 0.5) is 0 Å². The fourth-order valence-corrected chi connectivity index (χ4v) is 0. The van der Waals surface area contributed by atoms with Crippen LogP contribution in [0.1, 0.15) is 13.8 Å². The molecule has 0 fully saturated rings. The minimum Gasteiger partial charge on any atom is -0.396 e. The maximum absolute atomic E-state index is 8.14. The molecule has 0 aliphatic rings. The molecule has 0 unspecified atom stereocenters. The van der Waals surface area contributed by atoms with Gasteiger partial charge >= 0.3 is 0 Å². The fourth-order valence-electron chi connectivity index (χ4n) is 0. The molecule has 0 aromatic heterocycles. The summed E-state index contributed by atoms with van der Waals surface area (Å²) in [4.78, 5) is 0. The molecular weight excluding hydrogens is 115 g/mol. The Labute approximate surface area is 50.6 Å². The zero-order valence-corrected chi connectivity index (χ0v) is 5.58. The van der Waals surface area contributed by atoms with Crippen molar-refractivity contribution in [1.82, 2.24) is 0 Å². The van der Waals surface area contributed by atoms with E-state index in [9.17, 15) is 0 Å². The summed E-state index contributed by atoms with van der Waals surface area (Å²) in [5.41, 5.74) is 0. The molecule has 1 nitrogen and oxygen atoms in total. The molecule has 2 heteroatoms. The van der Waals surface area contributed by atoms with Crippen molar-refractivity contribution in [3.63, 3.8) is 0 Å². The van der Waals surface area contributed by atoms with Gasteiger partial charge in [-0.2, -0.15) is 0 Å². The standard InChI is InChI=1S/C4H10O.V/c1-4(2)3-5;/h4-5H,3H2,1-2H3;. The van der Waals surface area contributed by atoms with Crippen LogP contribution in [0.2, 0.25) is 0 Å². The Balaban J connectivity index is 0. The Morgan fingerprint density at radius 3 is 1.67 bits per heavy atom. The van der Waals surface area contributed by atoms with E-state index < -0.39 is 0 Å². The minimum absolute atomic E-state index is 0. The third-order valence-corrected chi connectivity index (χ3v) is 0.365. The Morgan fingerprint density at radius 2 is 1.67 bits per heavy atom. The van der Waals surface area contributed by atoms with Gasteiger partial charge in [0.05, 0.1) is 0 Å². The molecule has 0 spiro atoms. The third-order valence-electron chi connectivity index (χ3n) is 0.365. The molecule has 0 atom stereocenters. The maximum Gasteiger partial charge on any atom is 0.0453 e. The Bertz CT molecular complexity index is 21.5. The van der Waals surface area contributed by atoms with E-state index in [0.29, 0.717) is 12.5 Å². The molecule has 0 bridgehead atoms. The Hall–Kier alpha value is 0.544. The van der Waals surface area contributed by atoms with Crippen LogP contribution < -0.4 is 0 Å². The predicted molar refractivity (Wildman–Crippen MR) is 21.9 cm³/mol. The van der Waals surface area contributed by atoms with Crippen molar-refractivity contribution in [2.45, 2.75) is 13.8 Å². The largest absolute Gasteiger partial charge is 0.396 e. The van der Waals surface area contributed by atoms with Gasteiger partial charge in [0.25, 0.3) is 0 Å². The summed E-state index contributed by atoms with van der Waals surface area (Å²) in [7, 11) is 0. The molecule has 6 heavy (non-hydrogen) atoms. The van der Waals surface area contributed by atoms with Gasteiger partial charge in [-0.05, 0) is 5.92 Å². The predicted octanol–water partition coefficient (Wildman–Crippen LogP) is 0.632. The van der Waals surface area contributed by atoms with Gasteiger partial charge in [0.15, 0.2) is 0 Å². The van der Waals surface area contributed by atoms with E-state index in [-0.39, 0.29) is 18.6 Å². The molecule has 0 aliphatic carbocycles. The number of rotatable bonds is 1. The second kappa shape index (κ2) is 5.54. The van der Waals surface area contributed by atoms with Crippen molar-refractivity contribution >= 4 is 0 Å². The molecule has 0 saturated heterocycles. The van der Waals surface area contributed by atoms with Crippen LogP contribution in [0.15, 0.2) is 0 Å². The third kappa shape index (κ3) is 8.82. The summed E-state index contributed by atoms with van der Waals surface area (Å²) >= 11 is 0. The molecule has 0 amide bonds. The number of aliphatic hydroxyl groups excluding tert-OH is 1. The fraction of sp³-hybridized carbons (Fsp3) is 1.00. The van der Waals surface area contributed by atoms with Gasteiger partial charge in [0, 0.05) is 25.2 Å². The summed E-state index contributed by atoms with van der Waals surface area (Å²) in [5.74, 6) is 0.440. The molecule has 0 aromatic carbocycles. The summed E-state index contributed by atoms with van der Waals surface area (Å²) in [6.45, 7) is 4.25. The van der Waals surface area contributed by atoms with Crippen LogP contribution in [0.3, 0.4) is 0 Å². The minimum atomic E-state index is 0. The van der Waals surface area contributed by atoms with Crippen molar-refractivity contribution in [2.75, 3.05) is 6.61 Å². The molecule has 0 heterocycles. The van der Waals surface area contributed by atoms with Crippen LogP contribution in [0.25, 0.3) is 0 Å². The maximum atomic E-state index is 8.14. The van der Waals surface area contributed by atoms with Crippen LogP contribution in [-0.4, -0.2) is 11.7 Å². The van der Waals surface area contributed by atoms with E-state index in [4.69, 9.17) is 5.11 Å². The van der Waals surface area contributed by atoms with Crippen molar-refractivity contribution in [3.05, 3.63) is 0 Å². The molecule has 1 N–H and O–H groups in total. The van der Waals surface area contributed by atoms with E-state index in [1.54, 1.807) is 0 Å². The summed E-state index contributed by atoms with van der Waals surface area (Å²) in [6, 6.07) is 0. The average molecular weight is 125 g/mol. The van der Waals surface area contributed by atoms with Crippen molar-refractivity contribution in [3.8, 4) is 0 Å². The second-order valence-electron chi connectivity index (χ2n) is 1.58. The van der Waals surface area contributed by atoms with E-state index in [2.05, 4.69) is 0 Å².